The summed E-state index contributed by atoms with van der Waals surface area (Å²) < 4.78 is 5.28. The topological polar surface area (TPSA) is 44.8 Å². The van der Waals surface area contributed by atoms with E-state index in [1.165, 1.54) is 6.42 Å². The standard InChI is InChI=1S/C12H21N3O2/c16-11(14-5-7-17-8-6-14)15-4-2-12(10-15)1-3-13-9-12/h13H,1-10H2/t12-/m0/s1. The second-order valence-corrected chi connectivity index (χ2v) is 5.48. The zero-order valence-electron chi connectivity index (χ0n) is 10.3. The van der Waals surface area contributed by atoms with Gasteiger partial charge in [0.1, 0.15) is 0 Å². The zero-order chi connectivity index (χ0) is 11.7. The lowest BCUT2D eigenvalue weighted by Gasteiger charge is -2.31. The molecule has 3 fully saturated rings. The number of likely N-dealkylation sites (tertiary alicyclic amines) is 1. The summed E-state index contributed by atoms with van der Waals surface area (Å²) in [6.07, 6.45) is 2.38. The number of morpholine rings is 1. The van der Waals surface area contributed by atoms with Gasteiger partial charge in [-0.25, -0.2) is 4.79 Å². The Morgan fingerprint density at radius 3 is 2.65 bits per heavy atom. The maximum atomic E-state index is 12.3. The average Bonchev–Trinajstić information content (AvgIpc) is 3.01. The molecule has 0 bridgehead atoms. The minimum atomic E-state index is 0.220. The molecule has 5 nitrogen and oxygen atoms in total. The Balaban J connectivity index is 1.59. The molecule has 1 atom stereocenters. The fourth-order valence-corrected chi connectivity index (χ4v) is 3.20. The van der Waals surface area contributed by atoms with Gasteiger partial charge in [-0.15, -0.1) is 0 Å². The van der Waals surface area contributed by atoms with Gasteiger partial charge in [-0.1, -0.05) is 0 Å². The second kappa shape index (κ2) is 4.46. The molecule has 1 N–H and O–H groups in total. The van der Waals surface area contributed by atoms with Crippen LogP contribution in [-0.4, -0.2) is 68.3 Å². The first-order chi connectivity index (χ1) is 8.29. The van der Waals surface area contributed by atoms with Crippen molar-refractivity contribution >= 4 is 6.03 Å². The van der Waals surface area contributed by atoms with Gasteiger partial charge in [0.15, 0.2) is 0 Å². The number of urea groups is 1. The van der Waals surface area contributed by atoms with Gasteiger partial charge in [-0.2, -0.15) is 0 Å². The highest BCUT2D eigenvalue weighted by Gasteiger charge is 2.42. The number of carbonyl (C=O) groups excluding carboxylic acids is 1. The molecule has 2 amide bonds. The van der Waals surface area contributed by atoms with Gasteiger partial charge in [0, 0.05) is 38.1 Å². The Labute approximate surface area is 102 Å². The lowest BCUT2D eigenvalue weighted by molar-refractivity contribution is 0.0444. The third-order valence-corrected chi connectivity index (χ3v) is 4.32. The highest BCUT2D eigenvalue weighted by atomic mass is 16.5. The van der Waals surface area contributed by atoms with Gasteiger partial charge in [0.2, 0.25) is 0 Å². The van der Waals surface area contributed by atoms with Gasteiger partial charge >= 0.3 is 6.03 Å². The molecule has 0 unspecified atom stereocenters. The maximum absolute atomic E-state index is 12.3. The molecule has 0 aromatic heterocycles. The Bertz CT molecular complexity index is 296. The third-order valence-electron chi connectivity index (χ3n) is 4.32. The second-order valence-electron chi connectivity index (χ2n) is 5.48. The molecule has 0 saturated carbocycles. The molecule has 3 saturated heterocycles. The van der Waals surface area contributed by atoms with Crippen molar-refractivity contribution in [3.63, 3.8) is 0 Å². The fraction of sp³-hybridized carbons (Fsp3) is 0.917. The van der Waals surface area contributed by atoms with Crippen LogP contribution in [0, 0.1) is 5.41 Å². The van der Waals surface area contributed by atoms with Crippen LogP contribution in [0.3, 0.4) is 0 Å². The Morgan fingerprint density at radius 1 is 1.12 bits per heavy atom. The number of hydrogen-bond donors (Lipinski definition) is 1. The maximum Gasteiger partial charge on any atom is 0.320 e. The van der Waals surface area contributed by atoms with E-state index in [2.05, 4.69) is 5.32 Å². The normalized spacial score (nSPS) is 33.6. The van der Waals surface area contributed by atoms with Crippen LogP contribution in [0.2, 0.25) is 0 Å². The van der Waals surface area contributed by atoms with Gasteiger partial charge in [0.25, 0.3) is 0 Å². The largest absolute Gasteiger partial charge is 0.378 e. The van der Waals surface area contributed by atoms with E-state index in [0.29, 0.717) is 18.6 Å². The Hall–Kier alpha value is -0.810. The molecule has 5 heteroatoms. The van der Waals surface area contributed by atoms with Crippen LogP contribution in [-0.2, 0) is 4.74 Å². The number of amides is 2. The summed E-state index contributed by atoms with van der Waals surface area (Å²) in [4.78, 5) is 16.3. The van der Waals surface area contributed by atoms with Crippen LogP contribution in [0.25, 0.3) is 0 Å². The van der Waals surface area contributed by atoms with Crippen molar-refractivity contribution in [1.82, 2.24) is 15.1 Å². The van der Waals surface area contributed by atoms with Gasteiger partial charge in [0.05, 0.1) is 13.2 Å². The van der Waals surface area contributed by atoms with E-state index in [4.69, 9.17) is 4.74 Å². The predicted octanol–water partition coefficient (Wildman–Crippen LogP) is 0.124. The summed E-state index contributed by atoms with van der Waals surface area (Å²) in [5.41, 5.74) is 0.377. The SMILES string of the molecule is O=C(N1CCOCC1)N1CC[C@]2(CCNC2)C1. The van der Waals surface area contributed by atoms with Crippen LogP contribution < -0.4 is 5.32 Å². The first kappa shape index (κ1) is 11.3. The van der Waals surface area contributed by atoms with Crippen molar-refractivity contribution in [3.05, 3.63) is 0 Å². The van der Waals surface area contributed by atoms with E-state index in [1.807, 2.05) is 9.80 Å². The van der Waals surface area contributed by atoms with Crippen molar-refractivity contribution in [3.8, 4) is 0 Å². The van der Waals surface area contributed by atoms with E-state index in [-0.39, 0.29) is 6.03 Å². The van der Waals surface area contributed by atoms with Crippen LogP contribution in [0.1, 0.15) is 12.8 Å². The first-order valence-corrected chi connectivity index (χ1v) is 6.61. The van der Waals surface area contributed by atoms with Crippen molar-refractivity contribution < 1.29 is 9.53 Å². The molecule has 3 heterocycles. The molecule has 17 heavy (non-hydrogen) atoms. The Morgan fingerprint density at radius 2 is 1.94 bits per heavy atom. The molecule has 3 aliphatic heterocycles. The van der Waals surface area contributed by atoms with E-state index in [1.54, 1.807) is 0 Å². The molecule has 3 rings (SSSR count). The highest BCUT2D eigenvalue weighted by molar-refractivity contribution is 5.75. The summed E-state index contributed by atoms with van der Waals surface area (Å²) in [5.74, 6) is 0. The van der Waals surface area contributed by atoms with Crippen LogP contribution in [0.4, 0.5) is 4.79 Å². The van der Waals surface area contributed by atoms with Crippen molar-refractivity contribution in [2.24, 2.45) is 5.41 Å². The number of rotatable bonds is 0. The monoisotopic (exact) mass is 239 g/mol. The van der Waals surface area contributed by atoms with Crippen LogP contribution in [0.5, 0.6) is 0 Å². The van der Waals surface area contributed by atoms with E-state index in [9.17, 15) is 4.79 Å². The van der Waals surface area contributed by atoms with E-state index < -0.39 is 0 Å². The number of nitrogens with zero attached hydrogens (tertiary/aromatic N) is 2. The first-order valence-electron chi connectivity index (χ1n) is 6.61. The lowest BCUT2D eigenvalue weighted by atomic mass is 9.87. The molecular formula is C12H21N3O2. The molecule has 0 aliphatic carbocycles. The summed E-state index contributed by atoms with van der Waals surface area (Å²) in [6, 6.07) is 0.220. The Kier molecular flexibility index (Phi) is 2.96. The van der Waals surface area contributed by atoms with Gasteiger partial charge in [-0.3, -0.25) is 0 Å². The van der Waals surface area contributed by atoms with Gasteiger partial charge < -0.3 is 19.9 Å². The third kappa shape index (κ3) is 2.13. The van der Waals surface area contributed by atoms with Crippen molar-refractivity contribution in [2.75, 3.05) is 52.5 Å². The van der Waals surface area contributed by atoms with Crippen molar-refractivity contribution in [1.29, 1.82) is 0 Å². The lowest BCUT2D eigenvalue weighted by Crippen LogP contribution is -2.48. The molecule has 0 aromatic rings. The quantitative estimate of drug-likeness (QED) is 0.653. The molecule has 0 radical (unpaired) electrons. The molecule has 1 spiro atoms. The minimum absolute atomic E-state index is 0.220. The summed E-state index contributed by atoms with van der Waals surface area (Å²) in [6.45, 7) is 6.94. The number of hydrogen-bond acceptors (Lipinski definition) is 3. The molecular weight excluding hydrogens is 218 g/mol. The predicted molar refractivity (Wildman–Crippen MR) is 63.9 cm³/mol. The summed E-state index contributed by atoms with van der Waals surface area (Å²) in [5, 5.41) is 3.42. The molecule has 96 valence electrons. The molecule has 0 aromatic carbocycles. The number of carbonyl (C=O) groups is 1. The highest BCUT2D eigenvalue weighted by Crippen LogP contribution is 2.36. The number of nitrogens with one attached hydrogen (secondary N) is 1. The van der Waals surface area contributed by atoms with Gasteiger partial charge in [-0.05, 0) is 19.4 Å². The zero-order valence-corrected chi connectivity index (χ0v) is 10.3. The summed E-state index contributed by atoms with van der Waals surface area (Å²) >= 11 is 0. The fourth-order valence-electron chi connectivity index (χ4n) is 3.20. The minimum Gasteiger partial charge on any atom is -0.378 e. The van der Waals surface area contributed by atoms with E-state index in [0.717, 1.165) is 45.7 Å². The smallest absolute Gasteiger partial charge is 0.320 e. The van der Waals surface area contributed by atoms with Crippen LogP contribution >= 0.6 is 0 Å². The van der Waals surface area contributed by atoms with Crippen molar-refractivity contribution in [2.45, 2.75) is 12.8 Å². The van der Waals surface area contributed by atoms with E-state index >= 15 is 0 Å². The average molecular weight is 239 g/mol. The number of ether oxygens (including phenoxy) is 1. The molecule has 3 aliphatic rings. The van der Waals surface area contributed by atoms with Crippen LogP contribution in [0.15, 0.2) is 0 Å². The summed E-state index contributed by atoms with van der Waals surface area (Å²) in [7, 11) is 0.